The molecule has 0 saturated heterocycles. The molecular formula is C18H22N2O4. The van der Waals surface area contributed by atoms with E-state index in [-0.39, 0.29) is 34.8 Å². The van der Waals surface area contributed by atoms with Gasteiger partial charge in [-0.3, -0.25) is 24.2 Å². The number of hydrogen-bond acceptors (Lipinski definition) is 4. The van der Waals surface area contributed by atoms with E-state index in [1.54, 1.807) is 5.94 Å². The number of rotatable bonds is 7. The van der Waals surface area contributed by atoms with Gasteiger partial charge in [0.15, 0.2) is 5.94 Å². The molecule has 6 nitrogen and oxygen atoms in total. The quantitative estimate of drug-likeness (QED) is 0.523. The fourth-order valence-electron chi connectivity index (χ4n) is 3.22. The minimum atomic E-state index is -0.265. The molecule has 24 heavy (non-hydrogen) atoms. The molecule has 2 rings (SSSR count). The predicted molar refractivity (Wildman–Crippen MR) is 88.1 cm³/mol. The van der Waals surface area contributed by atoms with Crippen molar-refractivity contribution in [3.63, 3.8) is 0 Å². The summed E-state index contributed by atoms with van der Waals surface area (Å²) >= 11 is 0. The predicted octanol–water partition coefficient (Wildman–Crippen LogP) is 1.47. The second kappa shape index (κ2) is 6.97. The standard InChI is InChI=1S/C18H22N2O4/c1-13(11-20-16(23)6-7-17(20)24)10-18(2,3)8-9-19-14(12-21)4-5-15(19)22/h4-7,13H,8-11H2,1-3H3. The molecule has 0 fully saturated rings. The summed E-state index contributed by atoms with van der Waals surface area (Å²) in [4.78, 5) is 48.5. The molecule has 0 aromatic heterocycles. The maximum absolute atomic E-state index is 11.7. The Labute approximate surface area is 141 Å². The van der Waals surface area contributed by atoms with Gasteiger partial charge >= 0.3 is 0 Å². The second-order valence-electron chi connectivity index (χ2n) is 7.15. The smallest absolute Gasteiger partial charge is 0.253 e. The Bertz CT molecular complexity index is 651. The zero-order valence-corrected chi connectivity index (χ0v) is 14.2. The van der Waals surface area contributed by atoms with Gasteiger partial charge < -0.3 is 0 Å². The lowest BCUT2D eigenvalue weighted by Crippen LogP contribution is -2.36. The monoisotopic (exact) mass is 330 g/mol. The van der Waals surface area contributed by atoms with E-state index in [9.17, 15) is 19.2 Å². The van der Waals surface area contributed by atoms with Gasteiger partial charge in [0, 0.05) is 31.3 Å². The van der Waals surface area contributed by atoms with Crippen molar-refractivity contribution < 1.29 is 19.2 Å². The van der Waals surface area contributed by atoms with Gasteiger partial charge in [-0.1, -0.05) is 20.8 Å². The van der Waals surface area contributed by atoms with E-state index in [4.69, 9.17) is 0 Å². The molecule has 128 valence electrons. The summed E-state index contributed by atoms with van der Waals surface area (Å²) in [6.07, 6.45) is 6.92. The molecule has 3 amide bonds. The van der Waals surface area contributed by atoms with Crippen molar-refractivity contribution in [2.75, 3.05) is 13.1 Å². The fourth-order valence-corrected chi connectivity index (χ4v) is 3.22. The summed E-state index contributed by atoms with van der Waals surface area (Å²) in [5, 5.41) is 0. The van der Waals surface area contributed by atoms with Gasteiger partial charge in [0.2, 0.25) is 0 Å². The Hall–Kier alpha value is -2.46. The van der Waals surface area contributed by atoms with Gasteiger partial charge in [0.1, 0.15) is 5.70 Å². The van der Waals surface area contributed by atoms with Crippen molar-refractivity contribution in [1.29, 1.82) is 0 Å². The summed E-state index contributed by atoms with van der Waals surface area (Å²) in [7, 11) is 0. The molecule has 0 aromatic carbocycles. The van der Waals surface area contributed by atoms with Gasteiger partial charge in [-0.2, -0.15) is 0 Å². The van der Waals surface area contributed by atoms with E-state index in [2.05, 4.69) is 13.8 Å². The van der Waals surface area contributed by atoms with Crippen LogP contribution < -0.4 is 0 Å². The lowest BCUT2D eigenvalue weighted by molar-refractivity contribution is -0.137. The zero-order valence-electron chi connectivity index (χ0n) is 14.2. The lowest BCUT2D eigenvalue weighted by Gasteiger charge is -2.31. The van der Waals surface area contributed by atoms with Crippen LogP contribution in [-0.4, -0.2) is 46.6 Å². The summed E-state index contributed by atoms with van der Waals surface area (Å²) < 4.78 is 0. The van der Waals surface area contributed by atoms with Crippen molar-refractivity contribution >= 4 is 23.7 Å². The molecular weight excluding hydrogens is 308 g/mol. The highest BCUT2D eigenvalue weighted by atomic mass is 16.2. The molecule has 2 aliphatic rings. The molecule has 0 N–H and O–H groups in total. The minimum absolute atomic E-state index is 0.102. The SMILES string of the molecule is CC(CN1C(=O)C=CC1=O)CC(C)(C)CCN1C(=O)C=CC1=C=O. The molecule has 0 aromatic rings. The van der Waals surface area contributed by atoms with Gasteiger partial charge in [-0.05, 0) is 30.3 Å². The number of imide groups is 1. The average molecular weight is 330 g/mol. The topological polar surface area (TPSA) is 74.8 Å². The summed E-state index contributed by atoms with van der Waals surface area (Å²) in [6, 6.07) is 0. The maximum atomic E-state index is 11.7. The van der Waals surface area contributed by atoms with Gasteiger partial charge in [-0.25, -0.2) is 4.79 Å². The van der Waals surface area contributed by atoms with E-state index < -0.39 is 0 Å². The number of hydrogen-bond donors (Lipinski definition) is 0. The van der Waals surface area contributed by atoms with E-state index in [1.165, 1.54) is 34.1 Å². The third kappa shape index (κ3) is 4.09. The summed E-state index contributed by atoms with van der Waals surface area (Å²) in [6.45, 7) is 6.98. The zero-order chi connectivity index (χ0) is 17.9. The normalized spacial score (nSPS) is 18.8. The summed E-state index contributed by atoms with van der Waals surface area (Å²) in [5.41, 5.74) is 0.165. The Kier molecular flexibility index (Phi) is 5.20. The van der Waals surface area contributed by atoms with Crippen molar-refractivity contribution in [3.8, 4) is 0 Å². The number of carbonyl (C=O) groups excluding carboxylic acids is 4. The van der Waals surface area contributed by atoms with Crippen LogP contribution in [0, 0.1) is 11.3 Å². The van der Waals surface area contributed by atoms with Gasteiger partial charge in [-0.15, -0.1) is 0 Å². The Morgan fingerprint density at radius 1 is 1.00 bits per heavy atom. The second-order valence-corrected chi connectivity index (χ2v) is 7.15. The van der Waals surface area contributed by atoms with Gasteiger partial charge in [0.05, 0.1) is 0 Å². The van der Waals surface area contributed by atoms with E-state index in [0.29, 0.717) is 19.5 Å². The Morgan fingerprint density at radius 2 is 1.54 bits per heavy atom. The number of carbonyl (C=O) groups is 3. The van der Waals surface area contributed by atoms with E-state index >= 15 is 0 Å². The fraction of sp³-hybridized carbons (Fsp3) is 0.500. The van der Waals surface area contributed by atoms with Crippen LogP contribution in [0.4, 0.5) is 0 Å². The van der Waals surface area contributed by atoms with Crippen LogP contribution >= 0.6 is 0 Å². The highest BCUT2D eigenvalue weighted by Crippen LogP contribution is 2.31. The highest BCUT2D eigenvalue weighted by Gasteiger charge is 2.29. The third-order valence-electron chi connectivity index (χ3n) is 4.35. The minimum Gasteiger partial charge on any atom is -0.299 e. The molecule has 0 radical (unpaired) electrons. The van der Waals surface area contributed by atoms with E-state index in [1.807, 2.05) is 6.92 Å². The first-order valence-corrected chi connectivity index (χ1v) is 8.02. The highest BCUT2D eigenvalue weighted by molar-refractivity contribution is 6.12. The van der Waals surface area contributed by atoms with Crippen molar-refractivity contribution in [3.05, 3.63) is 30.0 Å². The number of nitrogens with zero attached hydrogens (tertiary/aromatic N) is 2. The molecule has 2 heterocycles. The van der Waals surface area contributed by atoms with E-state index in [0.717, 1.165) is 6.42 Å². The average Bonchev–Trinajstić information content (AvgIpc) is 3.01. The van der Waals surface area contributed by atoms with Crippen molar-refractivity contribution in [1.82, 2.24) is 9.80 Å². The molecule has 1 unspecified atom stereocenters. The van der Waals surface area contributed by atoms with Crippen LogP contribution in [0.3, 0.4) is 0 Å². The Balaban J connectivity index is 1.86. The van der Waals surface area contributed by atoms with Gasteiger partial charge in [0.25, 0.3) is 17.7 Å². The molecule has 0 aliphatic carbocycles. The Morgan fingerprint density at radius 3 is 2.12 bits per heavy atom. The molecule has 0 bridgehead atoms. The third-order valence-corrected chi connectivity index (χ3v) is 4.35. The molecule has 2 aliphatic heterocycles. The summed E-state index contributed by atoms with van der Waals surface area (Å²) in [5.74, 6) is 1.19. The van der Waals surface area contributed by atoms with Crippen molar-refractivity contribution in [2.24, 2.45) is 11.3 Å². The first kappa shape index (κ1) is 17.9. The van der Waals surface area contributed by atoms with Crippen LogP contribution in [-0.2, 0) is 19.2 Å². The number of amides is 3. The number of allylic oxidation sites excluding steroid dienone is 1. The molecule has 0 spiro atoms. The first-order valence-electron chi connectivity index (χ1n) is 8.02. The van der Waals surface area contributed by atoms with Crippen LogP contribution in [0.15, 0.2) is 30.0 Å². The van der Waals surface area contributed by atoms with Crippen LogP contribution in [0.5, 0.6) is 0 Å². The largest absolute Gasteiger partial charge is 0.299 e. The molecule has 6 heteroatoms. The first-order chi connectivity index (χ1) is 11.2. The van der Waals surface area contributed by atoms with Crippen LogP contribution in [0.25, 0.3) is 0 Å². The molecule has 0 saturated carbocycles. The van der Waals surface area contributed by atoms with Crippen LogP contribution in [0.1, 0.15) is 33.6 Å². The van der Waals surface area contributed by atoms with Crippen LogP contribution in [0.2, 0.25) is 0 Å². The maximum Gasteiger partial charge on any atom is 0.253 e. The van der Waals surface area contributed by atoms with Crippen molar-refractivity contribution in [2.45, 2.75) is 33.6 Å². The molecule has 1 atom stereocenters. The lowest BCUT2D eigenvalue weighted by atomic mass is 9.80.